The number of pyridine rings is 1. The normalized spacial score (nSPS) is 10.4. The predicted octanol–water partition coefficient (Wildman–Crippen LogP) is 3.16. The quantitative estimate of drug-likeness (QED) is 0.640. The van der Waals surface area contributed by atoms with Gasteiger partial charge >= 0.3 is 0 Å². The van der Waals surface area contributed by atoms with Gasteiger partial charge in [0, 0.05) is 24.9 Å². The van der Waals surface area contributed by atoms with Crippen molar-refractivity contribution in [3.63, 3.8) is 0 Å². The van der Waals surface area contributed by atoms with Crippen LogP contribution in [0.25, 0.3) is 11.4 Å². The van der Waals surface area contributed by atoms with Gasteiger partial charge in [0.15, 0.2) is 0 Å². The van der Waals surface area contributed by atoms with E-state index < -0.39 is 18.0 Å². The van der Waals surface area contributed by atoms with Crippen LogP contribution in [-0.2, 0) is 13.6 Å². The Morgan fingerprint density at radius 1 is 1.34 bits per heavy atom. The number of carbonyl (C=O) groups is 1. The first-order valence-corrected chi connectivity index (χ1v) is 9.00. The minimum atomic E-state index is -2.75. The van der Waals surface area contributed by atoms with Gasteiger partial charge in [-0.1, -0.05) is 19.0 Å². The Hall–Kier alpha value is -3.37. The maximum absolute atomic E-state index is 12.7. The summed E-state index contributed by atoms with van der Waals surface area (Å²) >= 11 is 0. The molecule has 0 aromatic carbocycles. The second-order valence-corrected chi connectivity index (χ2v) is 5.39. The van der Waals surface area contributed by atoms with Gasteiger partial charge in [-0.15, -0.1) is 0 Å². The van der Waals surface area contributed by atoms with Crippen LogP contribution in [0.2, 0.25) is 0 Å². The molecule has 11 heteroatoms. The number of ether oxygens (including phenoxy) is 1. The molecule has 9 nitrogen and oxygen atoms in total. The summed E-state index contributed by atoms with van der Waals surface area (Å²) in [6.07, 6.45) is -1.19. The molecule has 0 atom stereocenters. The average molecular weight is 408 g/mol. The summed E-state index contributed by atoms with van der Waals surface area (Å²) in [6, 6.07) is 4.39. The Morgan fingerprint density at radius 3 is 2.76 bits per heavy atom. The zero-order valence-corrected chi connectivity index (χ0v) is 16.5. The Morgan fingerprint density at radius 2 is 2.10 bits per heavy atom. The average Bonchev–Trinajstić information content (AvgIpc) is 3.35. The molecule has 3 heterocycles. The number of nitrogens with one attached hydrogen (secondary N) is 1. The molecule has 156 valence electrons. The van der Waals surface area contributed by atoms with E-state index in [1.165, 1.54) is 7.05 Å². The molecular weight excluding hydrogens is 386 g/mol. The van der Waals surface area contributed by atoms with Crippen molar-refractivity contribution in [3.8, 4) is 17.3 Å². The largest absolute Gasteiger partial charge is 0.478 e. The number of halogens is 2. The second-order valence-electron chi connectivity index (χ2n) is 5.39. The molecule has 0 saturated heterocycles. The lowest BCUT2D eigenvalue weighted by Crippen LogP contribution is -2.25. The third kappa shape index (κ3) is 5.56. The lowest BCUT2D eigenvalue weighted by atomic mass is 10.2. The molecule has 1 N–H and O–H groups in total. The summed E-state index contributed by atoms with van der Waals surface area (Å²) in [7, 11) is 1.41. The van der Waals surface area contributed by atoms with Crippen molar-refractivity contribution in [2.45, 2.75) is 33.7 Å². The topological polar surface area (TPSA) is 108 Å². The summed E-state index contributed by atoms with van der Waals surface area (Å²) in [6.45, 7) is 6.25. The van der Waals surface area contributed by atoms with Gasteiger partial charge in [0.25, 0.3) is 12.3 Å². The Kier molecular flexibility index (Phi) is 7.75. The minimum Gasteiger partial charge on any atom is -0.478 e. The first kappa shape index (κ1) is 21.9. The fourth-order valence-corrected chi connectivity index (χ4v) is 2.27. The molecule has 3 rings (SSSR count). The van der Waals surface area contributed by atoms with Crippen LogP contribution in [0.15, 0.2) is 28.9 Å². The Labute approximate surface area is 166 Å². The number of amides is 1. The maximum atomic E-state index is 12.7. The standard InChI is InChI=1S/C16H16F2N6O3.C2H6/c1-3-26-12-6-9(4-5-19-12)15-21-13(27-23-15)8-20-16(25)11-7-10(14(17)18)22-24(11)2;1-2/h4-7,14H,3,8H2,1-2H3,(H,20,25);1-2H3. The van der Waals surface area contributed by atoms with E-state index in [4.69, 9.17) is 9.26 Å². The van der Waals surface area contributed by atoms with Gasteiger partial charge in [0.2, 0.25) is 17.6 Å². The van der Waals surface area contributed by atoms with E-state index in [1.807, 2.05) is 20.8 Å². The predicted molar refractivity (Wildman–Crippen MR) is 99.4 cm³/mol. The number of hydrogen-bond acceptors (Lipinski definition) is 7. The third-order valence-corrected chi connectivity index (χ3v) is 3.51. The van der Waals surface area contributed by atoms with Crippen LogP contribution in [-0.4, -0.2) is 37.4 Å². The number of nitrogens with zero attached hydrogens (tertiary/aromatic N) is 5. The molecule has 0 radical (unpaired) electrons. The van der Waals surface area contributed by atoms with E-state index in [9.17, 15) is 13.6 Å². The van der Waals surface area contributed by atoms with Gasteiger partial charge in [0.05, 0.1) is 13.2 Å². The van der Waals surface area contributed by atoms with Crippen LogP contribution in [0.3, 0.4) is 0 Å². The first-order valence-electron chi connectivity index (χ1n) is 9.00. The molecule has 0 saturated carbocycles. The van der Waals surface area contributed by atoms with E-state index in [1.54, 1.807) is 18.3 Å². The molecule has 0 fully saturated rings. The number of aromatic nitrogens is 5. The molecule has 0 aliphatic carbocycles. The number of aryl methyl sites for hydroxylation is 1. The van der Waals surface area contributed by atoms with Gasteiger partial charge in [-0.25, -0.2) is 13.8 Å². The summed E-state index contributed by atoms with van der Waals surface area (Å²) in [5.41, 5.74) is 0.175. The Balaban J connectivity index is 0.00000145. The summed E-state index contributed by atoms with van der Waals surface area (Å²) in [5.74, 6) is 0.312. The lowest BCUT2D eigenvalue weighted by Gasteiger charge is -2.02. The highest BCUT2D eigenvalue weighted by molar-refractivity contribution is 5.92. The number of hydrogen-bond donors (Lipinski definition) is 1. The molecule has 3 aromatic rings. The minimum absolute atomic E-state index is 0.000490. The van der Waals surface area contributed by atoms with Gasteiger partial charge in [0.1, 0.15) is 11.4 Å². The maximum Gasteiger partial charge on any atom is 0.282 e. The summed E-state index contributed by atoms with van der Waals surface area (Å²) in [4.78, 5) is 20.4. The fraction of sp³-hybridized carbons (Fsp3) is 0.389. The van der Waals surface area contributed by atoms with E-state index in [2.05, 4.69) is 25.5 Å². The Bertz CT molecular complexity index is 941. The SMILES string of the molecule is CC.CCOc1cc(-c2noc(CNC(=O)c3cc(C(F)F)nn3C)n2)ccn1. The van der Waals surface area contributed by atoms with Crippen molar-refractivity contribution in [1.29, 1.82) is 0 Å². The fourth-order valence-electron chi connectivity index (χ4n) is 2.27. The van der Waals surface area contributed by atoms with Crippen LogP contribution in [0.4, 0.5) is 8.78 Å². The highest BCUT2D eigenvalue weighted by Crippen LogP contribution is 2.20. The zero-order chi connectivity index (χ0) is 21.4. The van der Waals surface area contributed by atoms with Crippen molar-refractivity contribution < 1.29 is 22.8 Å². The van der Waals surface area contributed by atoms with E-state index in [-0.39, 0.29) is 18.1 Å². The smallest absolute Gasteiger partial charge is 0.282 e. The van der Waals surface area contributed by atoms with Crippen LogP contribution in [0, 0.1) is 0 Å². The van der Waals surface area contributed by atoms with Gasteiger partial charge < -0.3 is 14.6 Å². The van der Waals surface area contributed by atoms with Crippen molar-refractivity contribution in [2.75, 3.05) is 6.61 Å². The second kappa shape index (κ2) is 10.2. The first-order chi connectivity index (χ1) is 14.0. The van der Waals surface area contributed by atoms with Crippen LogP contribution >= 0.6 is 0 Å². The molecule has 0 bridgehead atoms. The number of carbonyl (C=O) groups excluding carboxylic acids is 1. The van der Waals surface area contributed by atoms with Gasteiger partial charge in [-0.05, 0) is 19.1 Å². The number of alkyl halides is 2. The van der Waals surface area contributed by atoms with Crippen LogP contribution < -0.4 is 10.1 Å². The molecule has 3 aromatic heterocycles. The van der Waals surface area contributed by atoms with E-state index in [0.717, 1.165) is 10.7 Å². The molecule has 0 aliphatic heterocycles. The summed E-state index contributed by atoms with van der Waals surface area (Å²) < 4.78 is 36.8. The van der Waals surface area contributed by atoms with Gasteiger partial charge in [-0.2, -0.15) is 10.1 Å². The van der Waals surface area contributed by atoms with E-state index >= 15 is 0 Å². The monoisotopic (exact) mass is 408 g/mol. The molecule has 29 heavy (non-hydrogen) atoms. The molecule has 1 amide bonds. The highest BCUT2D eigenvalue weighted by atomic mass is 19.3. The lowest BCUT2D eigenvalue weighted by molar-refractivity contribution is 0.0937. The van der Waals surface area contributed by atoms with Crippen LogP contribution in [0.1, 0.15) is 49.3 Å². The zero-order valence-electron chi connectivity index (χ0n) is 16.5. The molecular formula is C18H22F2N6O3. The molecule has 0 unspecified atom stereocenters. The van der Waals surface area contributed by atoms with E-state index in [0.29, 0.717) is 23.9 Å². The van der Waals surface area contributed by atoms with Crippen molar-refractivity contribution in [2.24, 2.45) is 7.05 Å². The van der Waals surface area contributed by atoms with Crippen molar-refractivity contribution in [1.82, 2.24) is 30.2 Å². The van der Waals surface area contributed by atoms with Crippen molar-refractivity contribution in [3.05, 3.63) is 41.7 Å². The summed E-state index contributed by atoms with van der Waals surface area (Å²) in [5, 5.41) is 9.96. The third-order valence-electron chi connectivity index (χ3n) is 3.51. The molecule has 0 spiro atoms. The van der Waals surface area contributed by atoms with Crippen LogP contribution in [0.5, 0.6) is 5.88 Å². The number of rotatable bonds is 7. The molecule has 0 aliphatic rings. The van der Waals surface area contributed by atoms with Gasteiger partial charge in [-0.3, -0.25) is 9.48 Å². The highest BCUT2D eigenvalue weighted by Gasteiger charge is 2.19. The van der Waals surface area contributed by atoms with Crippen molar-refractivity contribution >= 4 is 5.91 Å².